The highest BCUT2D eigenvalue weighted by Crippen LogP contribution is 2.27. The summed E-state index contributed by atoms with van der Waals surface area (Å²) in [5.74, 6) is -2.15. The molecule has 1 aromatic carbocycles. The maximum Gasteiger partial charge on any atom is 0.311 e. The Bertz CT molecular complexity index is 800. The van der Waals surface area contributed by atoms with Gasteiger partial charge in [0.05, 0.1) is 17.9 Å². The Morgan fingerprint density at radius 2 is 2.04 bits per heavy atom. The van der Waals surface area contributed by atoms with Gasteiger partial charge in [-0.1, -0.05) is 31.5 Å². The minimum atomic E-state index is -1.10. The molecule has 0 aliphatic rings. The Labute approximate surface area is 149 Å². The van der Waals surface area contributed by atoms with Crippen LogP contribution in [0.25, 0.3) is 0 Å². The molecule has 2 aromatic rings. The summed E-state index contributed by atoms with van der Waals surface area (Å²) in [5, 5.41) is 12.0. The van der Waals surface area contributed by atoms with Crippen molar-refractivity contribution in [1.82, 2.24) is 5.32 Å². The molecule has 0 aliphatic carbocycles. The predicted molar refractivity (Wildman–Crippen MR) is 91.2 cm³/mol. The van der Waals surface area contributed by atoms with Gasteiger partial charge < -0.3 is 14.8 Å². The maximum absolute atomic E-state index is 14.3. The summed E-state index contributed by atoms with van der Waals surface area (Å²) < 4.78 is 19.4. The standard InChI is InChI=1S/C18H19ClFNO4/c1-9(2)17(12-5-4-11(19)6-13(12)20)21-18(24)16-10(3)8-25-14(16)7-15(22)23/h4-6,8-9,17H,7H2,1-3H3,(H,21,24)(H,22,23). The molecule has 1 heterocycles. The van der Waals surface area contributed by atoms with Crippen molar-refractivity contribution >= 4 is 23.5 Å². The second-order valence-corrected chi connectivity index (χ2v) is 6.58. The topological polar surface area (TPSA) is 79.5 Å². The number of furan rings is 1. The van der Waals surface area contributed by atoms with E-state index in [1.807, 2.05) is 13.8 Å². The molecule has 0 saturated heterocycles. The number of rotatable bonds is 6. The number of amides is 1. The van der Waals surface area contributed by atoms with Crippen LogP contribution in [0.3, 0.4) is 0 Å². The number of aliphatic carboxylic acids is 1. The first kappa shape index (κ1) is 19.0. The van der Waals surface area contributed by atoms with Crippen molar-refractivity contribution in [3.8, 4) is 0 Å². The van der Waals surface area contributed by atoms with E-state index in [-0.39, 0.29) is 22.3 Å². The molecule has 134 valence electrons. The van der Waals surface area contributed by atoms with Crippen LogP contribution in [0.15, 0.2) is 28.9 Å². The Kier molecular flexibility index (Phi) is 5.85. The fourth-order valence-corrected chi connectivity index (χ4v) is 2.80. The van der Waals surface area contributed by atoms with Crippen LogP contribution in [0.4, 0.5) is 4.39 Å². The zero-order valence-electron chi connectivity index (χ0n) is 14.1. The van der Waals surface area contributed by atoms with E-state index in [1.54, 1.807) is 13.0 Å². The minimum Gasteiger partial charge on any atom is -0.481 e. The molecule has 1 unspecified atom stereocenters. The van der Waals surface area contributed by atoms with E-state index >= 15 is 0 Å². The number of aryl methyl sites for hydroxylation is 1. The highest BCUT2D eigenvalue weighted by Gasteiger charge is 2.26. The molecule has 0 aliphatic heterocycles. The van der Waals surface area contributed by atoms with Crippen LogP contribution in [-0.2, 0) is 11.2 Å². The van der Waals surface area contributed by atoms with E-state index in [2.05, 4.69) is 5.32 Å². The van der Waals surface area contributed by atoms with Crippen molar-refractivity contribution in [1.29, 1.82) is 0 Å². The second kappa shape index (κ2) is 7.70. The largest absolute Gasteiger partial charge is 0.481 e. The van der Waals surface area contributed by atoms with Gasteiger partial charge in [0.1, 0.15) is 18.0 Å². The summed E-state index contributed by atoms with van der Waals surface area (Å²) in [4.78, 5) is 23.6. The van der Waals surface area contributed by atoms with Crippen LogP contribution in [0.2, 0.25) is 5.02 Å². The van der Waals surface area contributed by atoms with E-state index in [0.717, 1.165) is 0 Å². The van der Waals surface area contributed by atoms with E-state index in [4.69, 9.17) is 21.1 Å². The van der Waals surface area contributed by atoms with Crippen molar-refractivity contribution in [3.63, 3.8) is 0 Å². The van der Waals surface area contributed by atoms with Gasteiger partial charge in [0, 0.05) is 16.1 Å². The maximum atomic E-state index is 14.3. The SMILES string of the molecule is Cc1coc(CC(=O)O)c1C(=O)NC(c1ccc(Cl)cc1F)C(C)C. The third-order valence-electron chi connectivity index (χ3n) is 3.84. The number of halogens is 2. The average Bonchev–Trinajstić information content (AvgIpc) is 2.85. The number of carboxylic acid groups (broad SMARTS) is 1. The molecular weight excluding hydrogens is 349 g/mol. The van der Waals surface area contributed by atoms with Gasteiger partial charge in [-0.15, -0.1) is 0 Å². The highest BCUT2D eigenvalue weighted by molar-refractivity contribution is 6.30. The van der Waals surface area contributed by atoms with Gasteiger partial charge in [0.2, 0.25) is 0 Å². The van der Waals surface area contributed by atoms with Crippen molar-refractivity contribution in [2.45, 2.75) is 33.2 Å². The molecule has 5 nitrogen and oxygen atoms in total. The number of benzene rings is 1. The van der Waals surface area contributed by atoms with Gasteiger partial charge in [0.25, 0.3) is 5.91 Å². The normalized spacial score (nSPS) is 12.2. The van der Waals surface area contributed by atoms with Crippen molar-refractivity contribution in [2.24, 2.45) is 5.92 Å². The lowest BCUT2D eigenvalue weighted by molar-refractivity contribution is -0.136. The number of hydrogen-bond donors (Lipinski definition) is 2. The van der Waals surface area contributed by atoms with E-state index < -0.39 is 30.2 Å². The van der Waals surface area contributed by atoms with Gasteiger partial charge in [0.15, 0.2) is 0 Å². The molecule has 1 amide bonds. The lowest BCUT2D eigenvalue weighted by atomic mass is 9.95. The molecule has 2 N–H and O–H groups in total. The first-order valence-corrected chi connectivity index (χ1v) is 8.13. The van der Waals surface area contributed by atoms with Crippen LogP contribution in [-0.4, -0.2) is 17.0 Å². The molecule has 25 heavy (non-hydrogen) atoms. The zero-order chi connectivity index (χ0) is 18.7. The fourth-order valence-electron chi connectivity index (χ4n) is 2.64. The van der Waals surface area contributed by atoms with Crippen LogP contribution in [0.1, 0.15) is 47.1 Å². The van der Waals surface area contributed by atoms with Gasteiger partial charge in [-0.2, -0.15) is 0 Å². The summed E-state index contributed by atoms with van der Waals surface area (Å²) in [6.45, 7) is 5.34. The molecule has 0 saturated carbocycles. The number of nitrogens with one attached hydrogen (secondary N) is 1. The Hall–Kier alpha value is -2.34. The molecule has 0 bridgehead atoms. The van der Waals surface area contributed by atoms with Gasteiger partial charge in [-0.25, -0.2) is 4.39 Å². The smallest absolute Gasteiger partial charge is 0.311 e. The fraction of sp³-hybridized carbons (Fsp3) is 0.333. The van der Waals surface area contributed by atoms with Gasteiger partial charge in [-0.3, -0.25) is 9.59 Å². The minimum absolute atomic E-state index is 0.0709. The number of hydrogen-bond acceptors (Lipinski definition) is 3. The third kappa shape index (κ3) is 4.39. The first-order valence-electron chi connectivity index (χ1n) is 7.75. The van der Waals surface area contributed by atoms with E-state index in [0.29, 0.717) is 11.1 Å². The third-order valence-corrected chi connectivity index (χ3v) is 4.08. The van der Waals surface area contributed by atoms with Crippen molar-refractivity contribution < 1.29 is 23.5 Å². The molecule has 0 fully saturated rings. The number of carboxylic acids is 1. The zero-order valence-corrected chi connectivity index (χ0v) is 14.9. The van der Waals surface area contributed by atoms with E-state index in [9.17, 15) is 14.0 Å². The Balaban J connectivity index is 2.33. The summed E-state index contributed by atoms with van der Waals surface area (Å²) in [7, 11) is 0. The summed E-state index contributed by atoms with van der Waals surface area (Å²) in [6.07, 6.45) is 0.929. The average molecular weight is 368 g/mol. The molecule has 7 heteroatoms. The van der Waals surface area contributed by atoms with Crippen LogP contribution in [0, 0.1) is 18.7 Å². The van der Waals surface area contributed by atoms with Crippen LogP contribution in [0.5, 0.6) is 0 Å². The lowest BCUT2D eigenvalue weighted by Crippen LogP contribution is -2.33. The predicted octanol–water partition coefficient (Wildman–Crippen LogP) is 4.13. The van der Waals surface area contributed by atoms with Gasteiger partial charge >= 0.3 is 5.97 Å². The van der Waals surface area contributed by atoms with Crippen molar-refractivity contribution in [2.75, 3.05) is 0 Å². The second-order valence-electron chi connectivity index (χ2n) is 6.15. The summed E-state index contributed by atoms with van der Waals surface area (Å²) >= 11 is 5.78. The van der Waals surface area contributed by atoms with Crippen molar-refractivity contribution in [3.05, 3.63) is 57.8 Å². The Morgan fingerprint density at radius 3 is 2.60 bits per heavy atom. The monoisotopic (exact) mass is 367 g/mol. The molecule has 1 atom stereocenters. The molecule has 1 aromatic heterocycles. The molecule has 0 spiro atoms. The highest BCUT2D eigenvalue weighted by atomic mass is 35.5. The first-order chi connectivity index (χ1) is 11.7. The molecule has 0 radical (unpaired) electrons. The molecular formula is C18H19ClFNO4. The lowest BCUT2D eigenvalue weighted by Gasteiger charge is -2.23. The van der Waals surface area contributed by atoms with Crippen LogP contribution >= 0.6 is 11.6 Å². The number of carbonyl (C=O) groups is 2. The van der Waals surface area contributed by atoms with E-state index in [1.165, 1.54) is 18.4 Å². The molecule has 2 rings (SSSR count). The summed E-state index contributed by atoms with van der Waals surface area (Å²) in [5.41, 5.74) is 1.00. The summed E-state index contributed by atoms with van der Waals surface area (Å²) in [6, 6.07) is 3.68. The van der Waals surface area contributed by atoms with Gasteiger partial charge in [-0.05, 0) is 25.0 Å². The number of carbonyl (C=O) groups excluding carboxylic acids is 1. The quantitative estimate of drug-likeness (QED) is 0.804. The van der Waals surface area contributed by atoms with Crippen LogP contribution < -0.4 is 5.32 Å². The Morgan fingerprint density at radius 1 is 1.36 bits per heavy atom.